The van der Waals surface area contributed by atoms with Crippen molar-refractivity contribution in [2.75, 3.05) is 5.32 Å². The first-order valence-corrected chi connectivity index (χ1v) is 7.31. The van der Waals surface area contributed by atoms with Gasteiger partial charge < -0.3 is 4.98 Å². The van der Waals surface area contributed by atoms with E-state index >= 15 is 0 Å². The summed E-state index contributed by atoms with van der Waals surface area (Å²) in [5.41, 5.74) is 0.921. The molecule has 0 unspecified atom stereocenters. The van der Waals surface area contributed by atoms with Crippen LogP contribution in [0.1, 0.15) is 10.4 Å². The van der Waals surface area contributed by atoms with E-state index in [1.165, 1.54) is 6.07 Å². The van der Waals surface area contributed by atoms with E-state index < -0.39 is 5.91 Å². The Morgan fingerprint density at radius 1 is 1.29 bits per heavy atom. The molecule has 0 aliphatic carbocycles. The second-order valence-corrected chi connectivity index (χ2v) is 6.21. The molecular weight excluding hydrogens is 333 g/mol. The van der Waals surface area contributed by atoms with Crippen LogP contribution in [0.15, 0.2) is 30.5 Å². The number of aromatic amines is 1. The minimum absolute atomic E-state index is 0.207. The van der Waals surface area contributed by atoms with Crippen LogP contribution in [0, 0.1) is 0 Å². The van der Waals surface area contributed by atoms with Gasteiger partial charge in [0.05, 0.1) is 9.90 Å². The fourth-order valence-electron chi connectivity index (χ4n) is 1.61. The second kappa shape index (κ2) is 5.80. The van der Waals surface area contributed by atoms with Crippen LogP contribution >= 0.6 is 34.5 Å². The smallest absolute Gasteiger partial charge is 0.260 e. The second-order valence-electron chi connectivity index (χ2n) is 3.93. The molecule has 9 heteroatoms. The maximum Gasteiger partial charge on any atom is 0.260 e. The van der Waals surface area contributed by atoms with Gasteiger partial charge in [0.25, 0.3) is 5.91 Å². The van der Waals surface area contributed by atoms with Crippen LogP contribution < -0.4 is 5.32 Å². The summed E-state index contributed by atoms with van der Waals surface area (Å²) >= 11 is 12.9. The quantitative estimate of drug-likeness (QED) is 0.764. The van der Waals surface area contributed by atoms with E-state index in [4.69, 9.17) is 23.2 Å². The number of H-pyrrole nitrogens is 1. The van der Waals surface area contributed by atoms with Crippen LogP contribution in [0.3, 0.4) is 0 Å². The van der Waals surface area contributed by atoms with Crippen molar-refractivity contribution in [2.45, 2.75) is 0 Å². The molecular formula is C12H7Cl2N5OS. The number of halogens is 2. The lowest BCUT2D eigenvalue weighted by Gasteiger charge is -1.99. The number of carbonyl (C=O) groups is 1. The highest BCUT2D eigenvalue weighted by atomic mass is 35.5. The molecule has 0 bridgehead atoms. The number of aromatic nitrogens is 4. The van der Waals surface area contributed by atoms with Crippen molar-refractivity contribution >= 4 is 46.4 Å². The SMILES string of the molecule is O=C(Nc1nnc(-c2ccccn2)[nH]1)c1cc(Cl)sc1Cl. The minimum Gasteiger partial charge on any atom is -0.306 e. The Hall–Kier alpha value is -1.96. The summed E-state index contributed by atoms with van der Waals surface area (Å²) in [6, 6.07) is 6.91. The molecule has 3 aromatic rings. The number of hydrogen-bond donors (Lipinski definition) is 2. The van der Waals surface area contributed by atoms with Gasteiger partial charge in [0.1, 0.15) is 10.0 Å². The third kappa shape index (κ3) is 3.05. The molecule has 3 heterocycles. The normalized spacial score (nSPS) is 10.6. The Morgan fingerprint density at radius 2 is 2.14 bits per heavy atom. The Bertz CT molecular complexity index is 786. The van der Waals surface area contributed by atoms with Crippen LogP contribution in [0.25, 0.3) is 11.5 Å². The number of nitrogens with zero attached hydrogens (tertiary/aromatic N) is 3. The lowest BCUT2D eigenvalue weighted by atomic mass is 10.3. The molecule has 0 aliphatic rings. The summed E-state index contributed by atoms with van der Waals surface area (Å²) in [5, 5.41) is 10.3. The molecule has 0 saturated carbocycles. The van der Waals surface area contributed by atoms with Gasteiger partial charge in [-0.05, 0) is 18.2 Å². The summed E-state index contributed by atoms with van der Waals surface area (Å²) in [6.45, 7) is 0. The average molecular weight is 340 g/mol. The van der Waals surface area contributed by atoms with Crippen molar-refractivity contribution < 1.29 is 4.79 Å². The summed E-state index contributed by atoms with van der Waals surface area (Å²) in [6.07, 6.45) is 1.64. The van der Waals surface area contributed by atoms with Gasteiger partial charge >= 0.3 is 0 Å². The molecule has 3 aromatic heterocycles. The molecule has 2 N–H and O–H groups in total. The Kier molecular flexibility index (Phi) is 3.87. The van der Waals surface area contributed by atoms with E-state index in [1.54, 1.807) is 18.3 Å². The zero-order chi connectivity index (χ0) is 14.8. The van der Waals surface area contributed by atoms with Crippen LogP contribution in [-0.4, -0.2) is 26.1 Å². The first kappa shape index (κ1) is 14.0. The highest BCUT2D eigenvalue weighted by Crippen LogP contribution is 2.31. The van der Waals surface area contributed by atoms with Crippen molar-refractivity contribution in [3.05, 3.63) is 44.7 Å². The lowest BCUT2D eigenvalue weighted by Crippen LogP contribution is -2.12. The van der Waals surface area contributed by atoms with Crippen LogP contribution in [-0.2, 0) is 0 Å². The molecule has 1 amide bonds. The molecule has 0 radical (unpaired) electrons. The van der Waals surface area contributed by atoms with E-state index in [2.05, 4.69) is 25.5 Å². The fraction of sp³-hybridized carbons (Fsp3) is 0. The van der Waals surface area contributed by atoms with Gasteiger partial charge in [0, 0.05) is 6.20 Å². The first-order valence-electron chi connectivity index (χ1n) is 5.74. The standard InChI is InChI=1S/C12H7Cl2N5OS/c13-8-5-6(9(14)21-8)11(20)17-12-16-10(18-19-12)7-3-1-2-4-15-7/h1-5H,(H2,16,17,18,19,20). The van der Waals surface area contributed by atoms with Gasteiger partial charge in [-0.15, -0.1) is 21.5 Å². The molecule has 0 aromatic carbocycles. The summed E-state index contributed by atoms with van der Waals surface area (Å²) in [7, 11) is 0. The van der Waals surface area contributed by atoms with Gasteiger partial charge in [-0.25, -0.2) is 0 Å². The van der Waals surface area contributed by atoms with E-state index in [9.17, 15) is 4.79 Å². The molecule has 106 valence electrons. The molecule has 0 atom stereocenters. The van der Waals surface area contributed by atoms with Gasteiger partial charge in [-0.3, -0.25) is 15.1 Å². The number of amides is 1. The molecule has 0 fully saturated rings. The fourth-order valence-corrected chi connectivity index (χ4v) is 3.06. The van der Waals surface area contributed by atoms with Crippen molar-refractivity contribution in [2.24, 2.45) is 0 Å². The molecule has 21 heavy (non-hydrogen) atoms. The number of anilines is 1. The van der Waals surface area contributed by atoms with Crippen LogP contribution in [0.2, 0.25) is 8.67 Å². The number of nitrogens with one attached hydrogen (secondary N) is 2. The third-order valence-corrected chi connectivity index (χ3v) is 4.02. The minimum atomic E-state index is -0.410. The maximum absolute atomic E-state index is 12.0. The monoisotopic (exact) mass is 339 g/mol. The van der Waals surface area contributed by atoms with E-state index in [1.807, 2.05) is 6.07 Å². The lowest BCUT2D eigenvalue weighted by molar-refractivity contribution is 0.102. The summed E-state index contributed by atoms with van der Waals surface area (Å²) < 4.78 is 0.763. The molecule has 6 nitrogen and oxygen atoms in total. The molecule has 0 spiro atoms. The number of hydrogen-bond acceptors (Lipinski definition) is 5. The van der Waals surface area contributed by atoms with Crippen molar-refractivity contribution in [1.82, 2.24) is 20.2 Å². The predicted molar refractivity (Wildman–Crippen MR) is 81.9 cm³/mol. The number of thiophene rings is 1. The van der Waals surface area contributed by atoms with E-state index in [0.29, 0.717) is 25.8 Å². The van der Waals surface area contributed by atoms with Crippen LogP contribution in [0.4, 0.5) is 5.95 Å². The summed E-state index contributed by atoms with van der Waals surface area (Å²) in [5.74, 6) is 0.256. The molecule has 3 rings (SSSR count). The van der Waals surface area contributed by atoms with Crippen LogP contribution in [0.5, 0.6) is 0 Å². The first-order chi connectivity index (χ1) is 10.1. The number of carbonyl (C=O) groups excluding carboxylic acids is 1. The number of pyridine rings is 1. The van der Waals surface area contributed by atoms with Gasteiger partial charge in [0.15, 0.2) is 5.82 Å². The zero-order valence-electron chi connectivity index (χ0n) is 10.3. The highest BCUT2D eigenvalue weighted by molar-refractivity contribution is 7.20. The number of rotatable bonds is 3. The van der Waals surface area contributed by atoms with E-state index in [-0.39, 0.29) is 5.95 Å². The highest BCUT2D eigenvalue weighted by Gasteiger charge is 2.16. The average Bonchev–Trinajstić information content (AvgIpc) is 3.06. The van der Waals surface area contributed by atoms with Crippen molar-refractivity contribution in [1.29, 1.82) is 0 Å². The molecule has 0 saturated heterocycles. The largest absolute Gasteiger partial charge is 0.306 e. The van der Waals surface area contributed by atoms with Gasteiger partial charge in [0.2, 0.25) is 5.95 Å². The third-order valence-electron chi connectivity index (χ3n) is 2.53. The molecule has 0 aliphatic heterocycles. The summed E-state index contributed by atoms with van der Waals surface area (Å²) in [4.78, 5) is 19.0. The van der Waals surface area contributed by atoms with Crippen molar-refractivity contribution in [3.8, 4) is 11.5 Å². The Balaban J connectivity index is 1.79. The zero-order valence-corrected chi connectivity index (χ0v) is 12.6. The Morgan fingerprint density at radius 3 is 2.81 bits per heavy atom. The topological polar surface area (TPSA) is 83.6 Å². The van der Waals surface area contributed by atoms with Crippen molar-refractivity contribution in [3.63, 3.8) is 0 Å². The Labute approximate surface area is 133 Å². The predicted octanol–water partition coefficient (Wildman–Crippen LogP) is 3.49. The van der Waals surface area contributed by atoms with E-state index in [0.717, 1.165) is 11.3 Å². The maximum atomic E-state index is 12.0. The van der Waals surface area contributed by atoms with Gasteiger partial charge in [-0.2, -0.15) is 0 Å². The van der Waals surface area contributed by atoms with Gasteiger partial charge in [-0.1, -0.05) is 29.3 Å².